The molecule has 0 amide bonds. The van der Waals surface area contributed by atoms with Crippen LogP contribution in [0.3, 0.4) is 0 Å². The Hall–Kier alpha value is -0.120. The van der Waals surface area contributed by atoms with E-state index in [9.17, 15) is 0 Å². The fourth-order valence-corrected chi connectivity index (χ4v) is 2.94. The van der Waals surface area contributed by atoms with Gasteiger partial charge in [-0.25, -0.2) is 0 Å². The third kappa shape index (κ3) is 4.57. The van der Waals surface area contributed by atoms with Gasteiger partial charge in [0.05, 0.1) is 6.61 Å². The fraction of sp³-hybridized carbons (Fsp3) is 1.00. The van der Waals surface area contributed by atoms with Crippen LogP contribution in [0, 0.1) is 11.3 Å². The van der Waals surface area contributed by atoms with Gasteiger partial charge in [-0.1, -0.05) is 27.2 Å². The summed E-state index contributed by atoms with van der Waals surface area (Å²) in [7, 11) is 1.77. The van der Waals surface area contributed by atoms with Gasteiger partial charge in [-0.2, -0.15) is 0 Å². The molecule has 0 spiro atoms. The Bertz CT molecular complexity index is 220. The largest absolute Gasteiger partial charge is 0.383 e. The second-order valence-electron chi connectivity index (χ2n) is 6.27. The van der Waals surface area contributed by atoms with Crippen molar-refractivity contribution in [3.05, 3.63) is 0 Å². The van der Waals surface area contributed by atoms with E-state index in [-0.39, 0.29) is 0 Å². The molecule has 0 saturated heterocycles. The minimum absolute atomic E-state index is 0.308. The van der Waals surface area contributed by atoms with E-state index in [0.717, 1.165) is 26.2 Å². The van der Waals surface area contributed by atoms with E-state index in [0.29, 0.717) is 17.4 Å². The number of nitrogens with two attached hydrogens (primary N) is 1. The Morgan fingerprint density at radius 1 is 1.47 bits per heavy atom. The first-order chi connectivity index (χ1) is 7.98. The van der Waals surface area contributed by atoms with Crippen LogP contribution in [0.25, 0.3) is 0 Å². The van der Waals surface area contributed by atoms with Gasteiger partial charge in [-0.15, -0.1) is 0 Å². The van der Waals surface area contributed by atoms with Gasteiger partial charge in [-0.3, -0.25) is 0 Å². The topological polar surface area (TPSA) is 38.5 Å². The lowest BCUT2D eigenvalue weighted by Crippen LogP contribution is -2.46. The molecule has 0 aromatic heterocycles. The Balaban J connectivity index is 2.51. The van der Waals surface area contributed by atoms with Crippen molar-refractivity contribution < 1.29 is 4.74 Å². The van der Waals surface area contributed by atoms with E-state index in [1.165, 1.54) is 19.3 Å². The molecule has 1 aliphatic rings. The molecule has 3 heteroatoms. The van der Waals surface area contributed by atoms with E-state index >= 15 is 0 Å². The molecule has 1 saturated carbocycles. The normalized spacial score (nSPS) is 29.5. The van der Waals surface area contributed by atoms with Crippen LogP contribution in [0.15, 0.2) is 0 Å². The van der Waals surface area contributed by atoms with Gasteiger partial charge in [0, 0.05) is 32.8 Å². The lowest BCUT2D eigenvalue weighted by Gasteiger charge is -2.36. The van der Waals surface area contributed by atoms with Gasteiger partial charge >= 0.3 is 0 Å². The smallest absolute Gasteiger partial charge is 0.0589 e. The Morgan fingerprint density at radius 3 is 2.65 bits per heavy atom. The Kier molecular flexibility index (Phi) is 5.90. The van der Waals surface area contributed by atoms with Crippen molar-refractivity contribution in [1.29, 1.82) is 0 Å². The predicted molar refractivity (Wildman–Crippen MR) is 73.1 cm³/mol. The van der Waals surface area contributed by atoms with Crippen molar-refractivity contribution in [1.82, 2.24) is 4.90 Å². The van der Waals surface area contributed by atoms with Gasteiger partial charge in [0.15, 0.2) is 0 Å². The number of hydrogen-bond donors (Lipinski definition) is 1. The SMILES string of the molecule is COCCN(CC(C)C)CC1(C)CCCC1N. The number of ether oxygens (including phenoxy) is 1. The average molecular weight is 242 g/mol. The molecule has 0 radical (unpaired) electrons. The maximum absolute atomic E-state index is 6.26. The van der Waals surface area contributed by atoms with Gasteiger partial charge in [0.25, 0.3) is 0 Å². The van der Waals surface area contributed by atoms with E-state index in [4.69, 9.17) is 10.5 Å². The first kappa shape index (κ1) is 14.9. The quantitative estimate of drug-likeness (QED) is 0.743. The molecule has 2 unspecified atom stereocenters. The summed E-state index contributed by atoms with van der Waals surface area (Å²) in [5, 5.41) is 0. The molecule has 3 nitrogen and oxygen atoms in total. The van der Waals surface area contributed by atoms with E-state index < -0.39 is 0 Å². The average Bonchev–Trinajstić information content (AvgIpc) is 2.55. The second-order valence-corrected chi connectivity index (χ2v) is 6.27. The summed E-state index contributed by atoms with van der Waals surface area (Å²) in [6, 6.07) is 0.375. The summed E-state index contributed by atoms with van der Waals surface area (Å²) in [4.78, 5) is 2.53. The number of hydrogen-bond acceptors (Lipinski definition) is 3. The van der Waals surface area contributed by atoms with Crippen LogP contribution < -0.4 is 5.73 Å². The summed E-state index contributed by atoms with van der Waals surface area (Å²) < 4.78 is 5.21. The van der Waals surface area contributed by atoms with Crippen molar-refractivity contribution in [2.24, 2.45) is 17.1 Å². The summed E-state index contributed by atoms with van der Waals surface area (Å²) in [6.45, 7) is 11.0. The summed E-state index contributed by atoms with van der Waals surface area (Å²) >= 11 is 0. The predicted octanol–water partition coefficient (Wildman–Crippen LogP) is 2.11. The Labute approximate surface area is 107 Å². The van der Waals surface area contributed by atoms with E-state index in [1.54, 1.807) is 7.11 Å². The molecule has 0 aromatic carbocycles. The third-order valence-electron chi connectivity index (χ3n) is 3.98. The lowest BCUT2D eigenvalue weighted by molar-refractivity contribution is 0.0988. The van der Waals surface area contributed by atoms with Crippen molar-refractivity contribution in [3.8, 4) is 0 Å². The Morgan fingerprint density at radius 2 is 2.18 bits per heavy atom. The molecule has 0 bridgehead atoms. The standard InChI is InChI=1S/C14H30N2O/c1-12(2)10-16(8-9-17-4)11-14(3)7-5-6-13(14)15/h12-13H,5-11,15H2,1-4H3. The highest BCUT2D eigenvalue weighted by Gasteiger charge is 2.37. The molecule has 2 atom stereocenters. The minimum Gasteiger partial charge on any atom is -0.383 e. The zero-order valence-corrected chi connectivity index (χ0v) is 12.0. The highest BCUT2D eigenvalue weighted by Crippen LogP contribution is 2.37. The molecule has 102 valence electrons. The van der Waals surface area contributed by atoms with Crippen LogP contribution in [0.1, 0.15) is 40.0 Å². The van der Waals surface area contributed by atoms with Crippen LogP contribution in [0.5, 0.6) is 0 Å². The molecule has 1 aliphatic carbocycles. The number of methoxy groups -OCH3 is 1. The highest BCUT2D eigenvalue weighted by molar-refractivity contribution is 4.93. The molecule has 0 aliphatic heterocycles. The third-order valence-corrected chi connectivity index (χ3v) is 3.98. The molecule has 1 fully saturated rings. The molecule has 0 heterocycles. The maximum Gasteiger partial charge on any atom is 0.0589 e. The van der Waals surface area contributed by atoms with E-state index in [1.807, 2.05) is 0 Å². The van der Waals surface area contributed by atoms with Gasteiger partial charge in [-0.05, 0) is 24.2 Å². The second kappa shape index (κ2) is 6.72. The lowest BCUT2D eigenvalue weighted by atomic mass is 9.84. The van der Waals surface area contributed by atoms with Crippen molar-refractivity contribution in [2.75, 3.05) is 33.4 Å². The van der Waals surface area contributed by atoms with Gasteiger partial charge in [0.1, 0.15) is 0 Å². The first-order valence-electron chi connectivity index (χ1n) is 6.95. The van der Waals surface area contributed by atoms with Crippen molar-refractivity contribution in [2.45, 2.75) is 46.1 Å². The van der Waals surface area contributed by atoms with Gasteiger partial charge in [0.2, 0.25) is 0 Å². The summed E-state index contributed by atoms with van der Waals surface area (Å²) in [5.41, 5.74) is 6.57. The van der Waals surface area contributed by atoms with Gasteiger partial charge < -0.3 is 15.4 Å². The van der Waals surface area contributed by atoms with E-state index in [2.05, 4.69) is 25.7 Å². The molecular weight excluding hydrogens is 212 g/mol. The first-order valence-corrected chi connectivity index (χ1v) is 6.95. The van der Waals surface area contributed by atoms with Crippen LogP contribution in [-0.4, -0.2) is 44.3 Å². The summed E-state index contributed by atoms with van der Waals surface area (Å²) in [5.74, 6) is 0.702. The molecule has 17 heavy (non-hydrogen) atoms. The summed E-state index contributed by atoms with van der Waals surface area (Å²) in [6.07, 6.45) is 3.75. The minimum atomic E-state index is 0.308. The van der Waals surface area contributed by atoms with Crippen LogP contribution in [0.4, 0.5) is 0 Å². The molecular formula is C14H30N2O. The molecule has 1 rings (SSSR count). The van der Waals surface area contributed by atoms with Crippen LogP contribution in [-0.2, 0) is 4.74 Å². The fourth-order valence-electron chi connectivity index (χ4n) is 2.94. The molecule has 2 N–H and O–H groups in total. The number of nitrogens with zero attached hydrogens (tertiary/aromatic N) is 1. The van der Waals surface area contributed by atoms with Crippen molar-refractivity contribution >= 4 is 0 Å². The monoisotopic (exact) mass is 242 g/mol. The molecule has 0 aromatic rings. The van der Waals surface area contributed by atoms with Crippen molar-refractivity contribution in [3.63, 3.8) is 0 Å². The van der Waals surface area contributed by atoms with Crippen LogP contribution in [0.2, 0.25) is 0 Å². The highest BCUT2D eigenvalue weighted by atomic mass is 16.5. The van der Waals surface area contributed by atoms with Crippen LogP contribution >= 0.6 is 0 Å². The zero-order chi connectivity index (χ0) is 12.9. The zero-order valence-electron chi connectivity index (χ0n) is 12.0. The number of rotatable bonds is 7. The maximum atomic E-state index is 6.26.